The van der Waals surface area contributed by atoms with Crippen molar-refractivity contribution < 1.29 is 4.74 Å². The van der Waals surface area contributed by atoms with E-state index in [2.05, 4.69) is 31.0 Å². The molecule has 0 amide bonds. The maximum absolute atomic E-state index is 5.69. The molecule has 16 heavy (non-hydrogen) atoms. The average molecular weight is 228 g/mol. The van der Waals surface area contributed by atoms with Crippen LogP contribution in [-0.4, -0.2) is 49.8 Å². The summed E-state index contributed by atoms with van der Waals surface area (Å²) in [5.74, 6) is 0. The van der Waals surface area contributed by atoms with Crippen LogP contribution in [0.3, 0.4) is 0 Å². The highest BCUT2D eigenvalue weighted by molar-refractivity contribution is 4.94. The predicted molar refractivity (Wildman–Crippen MR) is 68.8 cm³/mol. The zero-order valence-corrected chi connectivity index (χ0v) is 11.4. The molecular weight excluding hydrogens is 200 g/mol. The quantitative estimate of drug-likeness (QED) is 0.673. The second-order valence-corrected chi connectivity index (χ2v) is 5.26. The summed E-state index contributed by atoms with van der Waals surface area (Å²) in [6, 6.07) is 0.414. The highest BCUT2D eigenvalue weighted by Gasteiger charge is 2.35. The van der Waals surface area contributed by atoms with Crippen LogP contribution in [0.4, 0.5) is 0 Å². The van der Waals surface area contributed by atoms with Crippen molar-refractivity contribution in [3.63, 3.8) is 0 Å². The fraction of sp³-hybridized carbons (Fsp3) is 1.00. The summed E-state index contributed by atoms with van der Waals surface area (Å²) in [5.41, 5.74) is 0.193. The molecule has 1 unspecified atom stereocenters. The van der Waals surface area contributed by atoms with Crippen molar-refractivity contribution in [1.82, 2.24) is 10.2 Å². The molecule has 0 aromatic rings. The molecule has 3 nitrogen and oxygen atoms in total. The summed E-state index contributed by atoms with van der Waals surface area (Å²) in [6.45, 7) is 11.0. The van der Waals surface area contributed by atoms with Crippen LogP contribution < -0.4 is 5.32 Å². The Morgan fingerprint density at radius 2 is 1.94 bits per heavy atom. The van der Waals surface area contributed by atoms with E-state index in [1.54, 1.807) is 0 Å². The third kappa shape index (κ3) is 3.44. The first-order valence-corrected chi connectivity index (χ1v) is 6.63. The van der Waals surface area contributed by atoms with E-state index in [9.17, 15) is 0 Å². The van der Waals surface area contributed by atoms with E-state index in [0.29, 0.717) is 6.04 Å². The lowest BCUT2D eigenvalue weighted by molar-refractivity contribution is 0.0396. The number of hydrogen-bond donors (Lipinski definition) is 1. The lowest BCUT2D eigenvalue weighted by Gasteiger charge is -2.42. The molecule has 0 aliphatic carbocycles. The molecule has 1 aliphatic rings. The first kappa shape index (κ1) is 13.9. The van der Waals surface area contributed by atoms with Gasteiger partial charge in [0.15, 0.2) is 0 Å². The van der Waals surface area contributed by atoms with Gasteiger partial charge in [-0.15, -0.1) is 0 Å². The first-order chi connectivity index (χ1) is 7.62. The summed E-state index contributed by atoms with van der Waals surface area (Å²) in [4.78, 5) is 2.59. The predicted octanol–water partition coefficient (Wildman–Crippen LogP) is 1.88. The summed E-state index contributed by atoms with van der Waals surface area (Å²) >= 11 is 0. The molecule has 1 N–H and O–H groups in total. The first-order valence-electron chi connectivity index (χ1n) is 6.63. The van der Waals surface area contributed by atoms with Gasteiger partial charge in [-0.25, -0.2) is 0 Å². The Hall–Kier alpha value is -0.120. The van der Waals surface area contributed by atoms with Crippen molar-refractivity contribution >= 4 is 0 Å². The van der Waals surface area contributed by atoms with Gasteiger partial charge in [-0.2, -0.15) is 0 Å². The lowest BCUT2D eigenvalue weighted by atomic mass is 9.93. The topological polar surface area (TPSA) is 24.5 Å². The maximum Gasteiger partial charge on any atom is 0.0637 e. The van der Waals surface area contributed by atoms with E-state index >= 15 is 0 Å². The van der Waals surface area contributed by atoms with Crippen LogP contribution in [0.5, 0.6) is 0 Å². The molecule has 3 heteroatoms. The van der Waals surface area contributed by atoms with E-state index in [4.69, 9.17) is 4.74 Å². The number of likely N-dealkylation sites (N-methyl/N-ethyl adjacent to an activating group) is 1. The molecular formula is C13H28N2O. The van der Waals surface area contributed by atoms with Gasteiger partial charge in [0.05, 0.1) is 6.61 Å². The zero-order valence-electron chi connectivity index (χ0n) is 11.4. The standard InChI is InChI=1S/C13H28N2O/c1-5-10-16-11-12(14-4)13(2,3)15-8-6-7-9-15/h12,14H,5-11H2,1-4H3. The van der Waals surface area contributed by atoms with Gasteiger partial charge in [0, 0.05) is 18.2 Å². The van der Waals surface area contributed by atoms with E-state index in [1.165, 1.54) is 25.9 Å². The van der Waals surface area contributed by atoms with Crippen molar-refractivity contribution in [3.8, 4) is 0 Å². The minimum absolute atomic E-state index is 0.193. The fourth-order valence-electron chi connectivity index (χ4n) is 2.50. The molecule has 0 saturated carbocycles. The lowest BCUT2D eigenvalue weighted by Crippen LogP contribution is -2.58. The normalized spacial score (nSPS) is 20.2. The van der Waals surface area contributed by atoms with Crippen LogP contribution in [0.25, 0.3) is 0 Å². The van der Waals surface area contributed by atoms with E-state index < -0.39 is 0 Å². The Bertz CT molecular complexity index is 188. The molecule has 0 aromatic carbocycles. The Labute approximate surface area is 101 Å². The van der Waals surface area contributed by atoms with Crippen LogP contribution in [0.2, 0.25) is 0 Å². The van der Waals surface area contributed by atoms with Crippen LogP contribution in [-0.2, 0) is 4.74 Å². The van der Waals surface area contributed by atoms with Crippen molar-refractivity contribution in [2.24, 2.45) is 0 Å². The van der Waals surface area contributed by atoms with Gasteiger partial charge >= 0.3 is 0 Å². The molecule has 1 saturated heterocycles. The Morgan fingerprint density at radius 1 is 1.31 bits per heavy atom. The molecule has 1 fully saturated rings. The van der Waals surface area contributed by atoms with Crippen LogP contribution in [0, 0.1) is 0 Å². The number of ether oxygens (including phenoxy) is 1. The van der Waals surface area contributed by atoms with Gasteiger partial charge in [-0.1, -0.05) is 6.92 Å². The summed E-state index contributed by atoms with van der Waals surface area (Å²) in [7, 11) is 2.04. The number of nitrogens with one attached hydrogen (secondary N) is 1. The number of nitrogens with zero attached hydrogens (tertiary/aromatic N) is 1. The Kier molecular flexibility index (Phi) is 5.73. The van der Waals surface area contributed by atoms with Crippen molar-refractivity contribution in [2.45, 2.75) is 51.6 Å². The van der Waals surface area contributed by atoms with E-state index in [-0.39, 0.29) is 5.54 Å². The van der Waals surface area contributed by atoms with Crippen LogP contribution in [0.1, 0.15) is 40.0 Å². The molecule has 0 bridgehead atoms. The highest BCUT2D eigenvalue weighted by Crippen LogP contribution is 2.24. The van der Waals surface area contributed by atoms with Gasteiger partial charge in [-0.3, -0.25) is 4.90 Å². The van der Waals surface area contributed by atoms with E-state index in [0.717, 1.165) is 19.6 Å². The van der Waals surface area contributed by atoms with Crippen LogP contribution in [0.15, 0.2) is 0 Å². The SMILES string of the molecule is CCCOCC(NC)C(C)(C)N1CCCC1. The van der Waals surface area contributed by atoms with Gasteiger partial charge in [0.2, 0.25) is 0 Å². The summed E-state index contributed by atoms with van der Waals surface area (Å²) in [6.07, 6.45) is 3.78. The minimum Gasteiger partial charge on any atom is -0.380 e. The van der Waals surface area contributed by atoms with Gasteiger partial charge in [-0.05, 0) is 53.2 Å². The Balaban J connectivity index is 2.47. The molecule has 1 heterocycles. The molecule has 96 valence electrons. The maximum atomic E-state index is 5.69. The molecule has 1 atom stereocenters. The molecule has 1 rings (SSSR count). The van der Waals surface area contributed by atoms with Gasteiger partial charge in [0.1, 0.15) is 0 Å². The number of rotatable bonds is 7. The monoisotopic (exact) mass is 228 g/mol. The summed E-state index contributed by atoms with van der Waals surface area (Å²) in [5, 5.41) is 3.41. The van der Waals surface area contributed by atoms with Crippen molar-refractivity contribution in [2.75, 3.05) is 33.4 Å². The third-order valence-corrected chi connectivity index (χ3v) is 3.76. The Morgan fingerprint density at radius 3 is 2.44 bits per heavy atom. The zero-order chi connectivity index (χ0) is 12.0. The second kappa shape index (κ2) is 6.58. The minimum atomic E-state index is 0.193. The highest BCUT2D eigenvalue weighted by atomic mass is 16.5. The second-order valence-electron chi connectivity index (χ2n) is 5.26. The van der Waals surface area contributed by atoms with E-state index in [1.807, 2.05) is 7.05 Å². The van der Waals surface area contributed by atoms with Gasteiger partial charge in [0.25, 0.3) is 0 Å². The fourth-order valence-corrected chi connectivity index (χ4v) is 2.50. The van der Waals surface area contributed by atoms with Gasteiger partial charge < -0.3 is 10.1 Å². The number of hydrogen-bond acceptors (Lipinski definition) is 3. The van der Waals surface area contributed by atoms with Crippen molar-refractivity contribution in [1.29, 1.82) is 0 Å². The summed E-state index contributed by atoms with van der Waals surface area (Å²) < 4.78 is 5.69. The van der Waals surface area contributed by atoms with Crippen molar-refractivity contribution in [3.05, 3.63) is 0 Å². The largest absolute Gasteiger partial charge is 0.380 e. The average Bonchev–Trinajstić information content (AvgIpc) is 2.78. The molecule has 1 aliphatic heterocycles. The molecule has 0 spiro atoms. The number of likely N-dealkylation sites (tertiary alicyclic amines) is 1. The smallest absolute Gasteiger partial charge is 0.0637 e. The molecule has 0 radical (unpaired) electrons. The third-order valence-electron chi connectivity index (χ3n) is 3.76. The molecule has 0 aromatic heterocycles. The van der Waals surface area contributed by atoms with Crippen LogP contribution >= 0.6 is 0 Å².